The number of benzene rings is 2. The Balaban J connectivity index is 2.14. The summed E-state index contributed by atoms with van der Waals surface area (Å²) in [5.74, 6) is 0. The molecule has 5 heteroatoms. The van der Waals surface area contributed by atoms with E-state index in [1.165, 1.54) is 6.20 Å². The molecule has 0 aliphatic rings. The molecule has 0 aliphatic heterocycles. The van der Waals surface area contributed by atoms with Crippen LogP contribution in [0.15, 0.2) is 70.5 Å². The van der Waals surface area contributed by atoms with Gasteiger partial charge in [-0.25, -0.2) is 0 Å². The second-order valence-electron chi connectivity index (χ2n) is 4.46. The van der Waals surface area contributed by atoms with Gasteiger partial charge >= 0.3 is 0 Å². The van der Waals surface area contributed by atoms with Crippen LogP contribution in [-0.4, -0.2) is 0 Å². The van der Waals surface area contributed by atoms with Crippen molar-refractivity contribution in [3.05, 3.63) is 65.9 Å². The first-order chi connectivity index (χ1) is 10.7. The van der Waals surface area contributed by atoms with E-state index in [0.29, 0.717) is 0 Å². The average molecular weight is 287 g/mol. The SMILES string of the molecule is Cc1cc(N=Nc2ccccc2)ccc1NC=C(C#N)C#N. The number of nitrogens with one attached hydrogen (secondary N) is 1. The summed E-state index contributed by atoms with van der Waals surface area (Å²) in [5.41, 5.74) is 3.29. The number of azo groups is 1. The van der Waals surface area contributed by atoms with Gasteiger partial charge < -0.3 is 5.32 Å². The Morgan fingerprint density at radius 2 is 1.68 bits per heavy atom. The van der Waals surface area contributed by atoms with E-state index in [1.54, 1.807) is 12.1 Å². The van der Waals surface area contributed by atoms with Crippen molar-refractivity contribution in [2.75, 3.05) is 5.32 Å². The summed E-state index contributed by atoms with van der Waals surface area (Å²) in [6.45, 7) is 1.91. The first-order valence-corrected chi connectivity index (χ1v) is 6.57. The van der Waals surface area contributed by atoms with Crippen LogP contribution in [0.1, 0.15) is 5.56 Å². The minimum absolute atomic E-state index is 0.0206. The molecule has 0 radical (unpaired) electrons. The van der Waals surface area contributed by atoms with E-state index in [0.717, 1.165) is 22.6 Å². The average Bonchev–Trinajstić information content (AvgIpc) is 2.56. The molecule has 1 N–H and O–H groups in total. The molecule has 106 valence electrons. The quantitative estimate of drug-likeness (QED) is 0.650. The van der Waals surface area contributed by atoms with Crippen LogP contribution in [0.4, 0.5) is 17.1 Å². The van der Waals surface area contributed by atoms with Crippen LogP contribution in [0.2, 0.25) is 0 Å². The third-order valence-corrected chi connectivity index (χ3v) is 2.86. The van der Waals surface area contributed by atoms with E-state index in [4.69, 9.17) is 10.5 Å². The van der Waals surface area contributed by atoms with E-state index >= 15 is 0 Å². The zero-order valence-corrected chi connectivity index (χ0v) is 12.0. The number of nitrogens with zero attached hydrogens (tertiary/aromatic N) is 4. The van der Waals surface area contributed by atoms with Crippen LogP contribution in [0, 0.1) is 29.6 Å². The zero-order valence-electron chi connectivity index (χ0n) is 12.0. The van der Waals surface area contributed by atoms with E-state index in [9.17, 15) is 0 Å². The van der Waals surface area contributed by atoms with Crippen molar-refractivity contribution in [1.29, 1.82) is 10.5 Å². The van der Waals surface area contributed by atoms with E-state index < -0.39 is 0 Å². The van der Waals surface area contributed by atoms with E-state index in [2.05, 4.69) is 15.5 Å². The van der Waals surface area contributed by atoms with Gasteiger partial charge in [0.2, 0.25) is 0 Å². The highest BCUT2D eigenvalue weighted by atomic mass is 15.1. The molecule has 2 aromatic rings. The number of nitriles is 2. The second-order valence-corrected chi connectivity index (χ2v) is 4.46. The fourth-order valence-corrected chi connectivity index (χ4v) is 1.72. The molecule has 0 amide bonds. The molecule has 0 bridgehead atoms. The van der Waals surface area contributed by atoms with Gasteiger partial charge in [0.15, 0.2) is 0 Å². The molecule has 0 heterocycles. The van der Waals surface area contributed by atoms with Gasteiger partial charge in [-0.05, 0) is 42.8 Å². The van der Waals surface area contributed by atoms with Gasteiger partial charge in [0.05, 0.1) is 11.4 Å². The van der Waals surface area contributed by atoms with E-state index in [1.807, 2.05) is 55.5 Å². The summed E-state index contributed by atoms with van der Waals surface area (Å²) in [4.78, 5) is 0. The lowest BCUT2D eigenvalue weighted by atomic mass is 10.2. The number of anilines is 1. The summed E-state index contributed by atoms with van der Waals surface area (Å²) in [6.07, 6.45) is 1.38. The van der Waals surface area contributed by atoms with Crippen molar-refractivity contribution in [1.82, 2.24) is 0 Å². The molecule has 0 atom stereocenters. The van der Waals surface area contributed by atoms with Crippen LogP contribution in [-0.2, 0) is 0 Å². The molecule has 0 saturated heterocycles. The molecule has 2 aromatic carbocycles. The minimum atomic E-state index is 0.0206. The monoisotopic (exact) mass is 287 g/mol. The molecule has 0 unspecified atom stereocenters. The molecular weight excluding hydrogens is 274 g/mol. The summed E-state index contributed by atoms with van der Waals surface area (Å²) in [5, 5.41) is 28.6. The number of hydrogen-bond donors (Lipinski definition) is 1. The molecule has 0 aliphatic carbocycles. The molecule has 0 fully saturated rings. The molecular formula is C17H13N5. The summed E-state index contributed by atoms with van der Waals surface area (Å²) >= 11 is 0. The Bertz CT molecular complexity index is 776. The largest absolute Gasteiger partial charge is 0.360 e. The van der Waals surface area contributed by atoms with Gasteiger partial charge in [-0.3, -0.25) is 0 Å². The van der Waals surface area contributed by atoms with Crippen LogP contribution < -0.4 is 5.32 Å². The maximum atomic E-state index is 8.69. The van der Waals surface area contributed by atoms with Crippen LogP contribution in [0.5, 0.6) is 0 Å². The number of aryl methyl sites for hydroxylation is 1. The number of allylic oxidation sites excluding steroid dienone is 1. The van der Waals surface area contributed by atoms with Crippen molar-refractivity contribution in [3.8, 4) is 12.1 Å². The van der Waals surface area contributed by atoms with Gasteiger partial charge in [0.25, 0.3) is 0 Å². The Hall–Kier alpha value is -3.44. The normalized spacial score (nSPS) is 9.77. The van der Waals surface area contributed by atoms with Crippen molar-refractivity contribution in [2.24, 2.45) is 10.2 Å². The topological polar surface area (TPSA) is 84.3 Å². The molecule has 0 aromatic heterocycles. The van der Waals surface area contributed by atoms with Gasteiger partial charge in [-0.15, -0.1) is 0 Å². The van der Waals surface area contributed by atoms with Crippen molar-refractivity contribution in [3.63, 3.8) is 0 Å². The van der Waals surface area contributed by atoms with Gasteiger partial charge in [-0.2, -0.15) is 20.8 Å². The Labute approximate surface area is 128 Å². The number of rotatable bonds is 4. The standard InChI is InChI=1S/C17H13N5/c1-13-9-16(22-21-15-5-3-2-4-6-15)7-8-17(13)20-12-14(10-18)11-19/h2-9,12,20H,1H3. The fraction of sp³-hybridized carbons (Fsp3) is 0.0588. The Morgan fingerprint density at radius 1 is 1.00 bits per heavy atom. The smallest absolute Gasteiger partial charge is 0.145 e. The zero-order chi connectivity index (χ0) is 15.8. The lowest BCUT2D eigenvalue weighted by molar-refractivity contribution is 1.22. The van der Waals surface area contributed by atoms with E-state index in [-0.39, 0.29) is 5.57 Å². The fourth-order valence-electron chi connectivity index (χ4n) is 1.72. The highest BCUT2D eigenvalue weighted by Crippen LogP contribution is 2.23. The third-order valence-electron chi connectivity index (χ3n) is 2.86. The highest BCUT2D eigenvalue weighted by Gasteiger charge is 1.99. The maximum absolute atomic E-state index is 8.69. The summed E-state index contributed by atoms with van der Waals surface area (Å²) in [7, 11) is 0. The van der Waals surface area contributed by atoms with Crippen molar-refractivity contribution < 1.29 is 0 Å². The van der Waals surface area contributed by atoms with Crippen LogP contribution >= 0.6 is 0 Å². The predicted octanol–water partition coefficient (Wildman–Crippen LogP) is 4.75. The van der Waals surface area contributed by atoms with Gasteiger partial charge in [0.1, 0.15) is 17.7 Å². The number of hydrogen-bond acceptors (Lipinski definition) is 5. The van der Waals surface area contributed by atoms with Crippen molar-refractivity contribution in [2.45, 2.75) is 6.92 Å². The first kappa shape index (κ1) is 15.0. The minimum Gasteiger partial charge on any atom is -0.360 e. The van der Waals surface area contributed by atoms with Crippen LogP contribution in [0.3, 0.4) is 0 Å². The highest BCUT2D eigenvalue weighted by molar-refractivity contribution is 5.59. The lowest BCUT2D eigenvalue weighted by Gasteiger charge is -2.05. The summed E-state index contributed by atoms with van der Waals surface area (Å²) in [6, 6.07) is 18.6. The third kappa shape index (κ3) is 4.03. The molecule has 0 spiro atoms. The molecule has 0 saturated carbocycles. The molecule has 22 heavy (non-hydrogen) atoms. The van der Waals surface area contributed by atoms with Crippen LogP contribution in [0.25, 0.3) is 0 Å². The Morgan fingerprint density at radius 3 is 2.32 bits per heavy atom. The van der Waals surface area contributed by atoms with Gasteiger partial charge in [-0.1, -0.05) is 18.2 Å². The van der Waals surface area contributed by atoms with Crippen molar-refractivity contribution >= 4 is 17.1 Å². The second kappa shape index (κ2) is 7.37. The summed E-state index contributed by atoms with van der Waals surface area (Å²) < 4.78 is 0. The maximum Gasteiger partial charge on any atom is 0.145 e. The lowest BCUT2D eigenvalue weighted by Crippen LogP contribution is -1.92. The molecule has 5 nitrogen and oxygen atoms in total. The first-order valence-electron chi connectivity index (χ1n) is 6.57. The Kier molecular flexibility index (Phi) is 5.01. The van der Waals surface area contributed by atoms with Gasteiger partial charge in [0, 0.05) is 11.9 Å². The molecule has 2 rings (SSSR count). The predicted molar refractivity (Wildman–Crippen MR) is 84.7 cm³/mol.